The summed E-state index contributed by atoms with van der Waals surface area (Å²) in [4.78, 5) is 12.0. The van der Waals surface area contributed by atoms with E-state index in [9.17, 15) is 13.2 Å². The van der Waals surface area contributed by atoms with E-state index in [-0.39, 0.29) is 23.7 Å². The number of hydrogen-bond acceptors (Lipinski definition) is 4. The van der Waals surface area contributed by atoms with Crippen molar-refractivity contribution < 1.29 is 17.9 Å². The molecule has 0 bridgehead atoms. The first kappa shape index (κ1) is 14.1. The molecule has 5 heteroatoms. The van der Waals surface area contributed by atoms with Gasteiger partial charge in [0.15, 0.2) is 5.78 Å². The molecule has 0 spiro atoms. The molecule has 19 heavy (non-hydrogen) atoms. The van der Waals surface area contributed by atoms with Crippen LogP contribution in [0.5, 0.6) is 5.75 Å². The minimum absolute atomic E-state index is 0.000929. The molecular weight excluding hydrogens is 264 g/mol. The maximum atomic E-state index is 12.0. The molecule has 0 aliphatic carbocycles. The first-order valence-corrected chi connectivity index (χ1v) is 8.33. The minimum Gasteiger partial charge on any atom is -0.493 e. The summed E-state index contributed by atoms with van der Waals surface area (Å²) in [6.45, 7) is 2.29. The van der Waals surface area contributed by atoms with Gasteiger partial charge in [-0.1, -0.05) is 6.92 Å². The molecule has 1 heterocycles. The summed E-state index contributed by atoms with van der Waals surface area (Å²) in [7, 11) is -2.98. The van der Waals surface area contributed by atoms with Crippen molar-refractivity contribution in [1.82, 2.24) is 0 Å². The van der Waals surface area contributed by atoms with E-state index in [0.717, 1.165) is 17.7 Å². The van der Waals surface area contributed by atoms with Gasteiger partial charge < -0.3 is 4.74 Å². The predicted molar refractivity (Wildman–Crippen MR) is 73.5 cm³/mol. The van der Waals surface area contributed by atoms with Gasteiger partial charge in [-0.3, -0.25) is 4.79 Å². The van der Waals surface area contributed by atoms with E-state index in [2.05, 4.69) is 0 Å². The average Bonchev–Trinajstić information content (AvgIpc) is 2.85. The highest BCUT2D eigenvalue weighted by Gasteiger charge is 2.15. The summed E-state index contributed by atoms with van der Waals surface area (Å²) in [6.07, 6.45) is 1.50. The fourth-order valence-electron chi connectivity index (χ4n) is 2.10. The van der Waals surface area contributed by atoms with Gasteiger partial charge in [-0.05, 0) is 30.2 Å². The number of fused-ring (bicyclic) bond motifs is 1. The lowest BCUT2D eigenvalue weighted by Crippen LogP contribution is -2.10. The first-order valence-electron chi connectivity index (χ1n) is 6.51. The van der Waals surface area contributed by atoms with Crippen molar-refractivity contribution in [3.05, 3.63) is 29.3 Å². The lowest BCUT2D eigenvalue weighted by molar-refractivity contribution is 0.0982. The Kier molecular flexibility index (Phi) is 4.24. The number of benzene rings is 1. The zero-order chi connectivity index (χ0) is 13.9. The number of hydrogen-bond donors (Lipinski definition) is 0. The maximum absolute atomic E-state index is 12.0. The third kappa shape index (κ3) is 3.56. The Bertz CT molecular complexity index is 575. The molecule has 2 rings (SSSR count). The van der Waals surface area contributed by atoms with Gasteiger partial charge in [-0.15, -0.1) is 0 Å². The van der Waals surface area contributed by atoms with E-state index in [0.29, 0.717) is 18.6 Å². The molecule has 0 aromatic heterocycles. The minimum atomic E-state index is -2.98. The Morgan fingerprint density at radius 3 is 2.89 bits per heavy atom. The molecule has 0 radical (unpaired) electrons. The summed E-state index contributed by atoms with van der Waals surface area (Å²) >= 11 is 0. The van der Waals surface area contributed by atoms with Crippen LogP contribution >= 0.6 is 0 Å². The van der Waals surface area contributed by atoms with Crippen LogP contribution in [-0.2, 0) is 16.3 Å². The molecule has 0 fully saturated rings. The molecule has 1 aromatic rings. The normalized spacial score (nSPS) is 13.9. The van der Waals surface area contributed by atoms with Gasteiger partial charge in [0, 0.05) is 24.2 Å². The number of sulfone groups is 1. The van der Waals surface area contributed by atoms with Crippen molar-refractivity contribution in [3.8, 4) is 5.75 Å². The van der Waals surface area contributed by atoms with Crippen LogP contribution in [0.4, 0.5) is 0 Å². The van der Waals surface area contributed by atoms with E-state index in [1.54, 1.807) is 13.0 Å². The Morgan fingerprint density at radius 1 is 1.37 bits per heavy atom. The van der Waals surface area contributed by atoms with Gasteiger partial charge >= 0.3 is 0 Å². The van der Waals surface area contributed by atoms with Crippen molar-refractivity contribution >= 4 is 15.6 Å². The Morgan fingerprint density at radius 2 is 2.16 bits per heavy atom. The van der Waals surface area contributed by atoms with E-state index < -0.39 is 9.84 Å². The molecule has 1 aromatic carbocycles. The highest BCUT2D eigenvalue weighted by atomic mass is 32.2. The van der Waals surface area contributed by atoms with Crippen LogP contribution in [0.3, 0.4) is 0 Å². The van der Waals surface area contributed by atoms with Gasteiger partial charge in [-0.2, -0.15) is 0 Å². The quantitative estimate of drug-likeness (QED) is 0.749. The fraction of sp³-hybridized carbons (Fsp3) is 0.500. The molecular formula is C14H18O4S. The summed E-state index contributed by atoms with van der Waals surface area (Å²) < 4.78 is 28.1. The average molecular weight is 282 g/mol. The highest BCUT2D eigenvalue weighted by Crippen LogP contribution is 2.26. The van der Waals surface area contributed by atoms with Gasteiger partial charge in [0.05, 0.1) is 12.4 Å². The lowest BCUT2D eigenvalue weighted by Gasteiger charge is -2.04. The van der Waals surface area contributed by atoms with Crippen LogP contribution in [-0.4, -0.2) is 32.3 Å². The van der Waals surface area contributed by atoms with Crippen LogP contribution in [0.1, 0.15) is 35.7 Å². The summed E-state index contributed by atoms with van der Waals surface area (Å²) in [5, 5.41) is 0. The topological polar surface area (TPSA) is 60.4 Å². The molecule has 1 aliphatic rings. The smallest absolute Gasteiger partial charge is 0.162 e. The maximum Gasteiger partial charge on any atom is 0.162 e. The van der Waals surface area contributed by atoms with Gasteiger partial charge in [-0.25, -0.2) is 8.42 Å². The summed E-state index contributed by atoms with van der Waals surface area (Å²) in [5.41, 5.74) is 1.71. The van der Waals surface area contributed by atoms with Crippen molar-refractivity contribution in [2.45, 2.75) is 26.2 Å². The SMILES string of the molecule is CCS(=O)(=O)CCCC(=O)c1ccc2c(c1)CCO2. The van der Waals surface area contributed by atoms with E-state index in [1.807, 2.05) is 12.1 Å². The van der Waals surface area contributed by atoms with Gasteiger partial charge in [0.1, 0.15) is 15.6 Å². The van der Waals surface area contributed by atoms with Gasteiger partial charge in [0.25, 0.3) is 0 Å². The number of carbonyl (C=O) groups excluding carboxylic acids is 1. The molecule has 0 saturated heterocycles. The molecule has 0 saturated carbocycles. The lowest BCUT2D eigenvalue weighted by atomic mass is 10.0. The Hall–Kier alpha value is -1.36. The van der Waals surface area contributed by atoms with Crippen molar-refractivity contribution in [3.63, 3.8) is 0 Å². The molecule has 0 unspecified atom stereocenters. The van der Waals surface area contributed by atoms with Crippen LogP contribution < -0.4 is 4.74 Å². The van der Waals surface area contributed by atoms with Crippen LogP contribution in [0.15, 0.2) is 18.2 Å². The second-order valence-electron chi connectivity index (χ2n) is 4.68. The number of Topliss-reactive ketones (excluding diaryl/α,β-unsaturated/α-hetero) is 1. The van der Waals surface area contributed by atoms with E-state index in [1.165, 1.54) is 0 Å². The number of ketones is 1. The highest BCUT2D eigenvalue weighted by molar-refractivity contribution is 7.91. The van der Waals surface area contributed by atoms with E-state index >= 15 is 0 Å². The second-order valence-corrected chi connectivity index (χ2v) is 7.16. The standard InChI is InChI=1S/C14H18O4S/c1-2-19(16,17)9-3-4-13(15)11-5-6-14-12(10-11)7-8-18-14/h5-6,10H,2-4,7-9H2,1H3. The van der Waals surface area contributed by atoms with Gasteiger partial charge in [0.2, 0.25) is 0 Å². The monoisotopic (exact) mass is 282 g/mol. The van der Waals surface area contributed by atoms with Crippen LogP contribution in [0.25, 0.3) is 0 Å². The zero-order valence-corrected chi connectivity index (χ0v) is 11.8. The molecule has 1 aliphatic heterocycles. The fourth-order valence-corrected chi connectivity index (χ4v) is 2.97. The van der Waals surface area contributed by atoms with Crippen molar-refractivity contribution in [2.75, 3.05) is 18.1 Å². The Labute approximate surface area is 113 Å². The number of carbonyl (C=O) groups is 1. The first-order chi connectivity index (χ1) is 9.02. The number of rotatable bonds is 6. The predicted octanol–water partition coefficient (Wildman–Crippen LogP) is 2.02. The molecule has 0 amide bonds. The zero-order valence-electron chi connectivity index (χ0n) is 11.0. The second kappa shape index (κ2) is 5.74. The molecule has 104 valence electrons. The molecule has 4 nitrogen and oxygen atoms in total. The van der Waals surface area contributed by atoms with Crippen molar-refractivity contribution in [2.24, 2.45) is 0 Å². The van der Waals surface area contributed by atoms with Crippen LogP contribution in [0.2, 0.25) is 0 Å². The van der Waals surface area contributed by atoms with E-state index in [4.69, 9.17) is 4.74 Å². The summed E-state index contributed by atoms with van der Waals surface area (Å²) in [6, 6.07) is 5.43. The van der Waals surface area contributed by atoms with Crippen molar-refractivity contribution in [1.29, 1.82) is 0 Å². The third-order valence-electron chi connectivity index (χ3n) is 3.31. The summed E-state index contributed by atoms with van der Waals surface area (Å²) in [5.74, 6) is 1.08. The largest absolute Gasteiger partial charge is 0.493 e. The molecule has 0 N–H and O–H groups in total. The van der Waals surface area contributed by atoms with Crippen LogP contribution in [0, 0.1) is 0 Å². The number of ether oxygens (including phenoxy) is 1. The molecule has 0 atom stereocenters. The Balaban J connectivity index is 1.94. The third-order valence-corrected chi connectivity index (χ3v) is 5.10.